The fraction of sp³-hybridized carbons (Fsp3) is 0.200. The van der Waals surface area contributed by atoms with Crippen LogP contribution < -0.4 is 5.73 Å². The van der Waals surface area contributed by atoms with Crippen molar-refractivity contribution >= 4 is 5.69 Å². The summed E-state index contributed by atoms with van der Waals surface area (Å²) in [5.74, 6) is -0.226. The summed E-state index contributed by atoms with van der Waals surface area (Å²) in [7, 11) is 0. The summed E-state index contributed by atoms with van der Waals surface area (Å²) in [5, 5.41) is 0. The third-order valence-corrected chi connectivity index (χ3v) is 2.75. The van der Waals surface area contributed by atoms with E-state index in [1.54, 1.807) is 12.1 Å². The molecule has 2 N–H and O–H groups in total. The van der Waals surface area contributed by atoms with Crippen molar-refractivity contribution < 1.29 is 9.13 Å². The second kappa shape index (κ2) is 6.17. The topological polar surface area (TPSA) is 35.2 Å². The maximum Gasteiger partial charge on any atom is 0.123 e. The molecule has 3 heteroatoms. The molecule has 0 atom stereocenters. The van der Waals surface area contributed by atoms with Crippen molar-refractivity contribution in [1.29, 1.82) is 0 Å². The number of hydrogen-bond donors (Lipinski definition) is 1. The smallest absolute Gasteiger partial charge is 0.123 e. The highest BCUT2D eigenvalue weighted by Gasteiger charge is 1.98. The lowest BCUT2D eigenvalue weighted by atomic mass is 10.1. The summed E-state index contributed by atoms with van der Waals surface area (Å²) in [6, 6.07) is 14.1. The molecule has 0 aliphatic rings. The van der Waals surface area contributed by atoms with Crippen LogP contribution in [-0.4, -0.2) is 6.61 Å². The zero-order chi connectivity index (χ0) is 12.8. The Morgan fingerprint density at radius 2 is 1.72 bits per heavy atom. The van der Waals surface area contributed by atoms with E-state index in [9.17, 15) is 4.39 Å². The van der Waals surface area contributed by atoms with E-state index in [0.717, 1.165) is 23.2 Å². The molecular formula is C15H16FNO. The molecule has 2 aromatic carbocycles. The monoisotopic (exact) mass is 245 g/mol. The first-order chi connectivity index (χ1) is 8.75. The third-order valence-electron chi connectivity index (χ3n) is 2.75. The highest BCUT2D eigenvalue weighted by atomic mass is 19.1. The quantitative estimate of drug-likeness (QED) is 0.648. The maximum absolute atomic E-state index is 12.7. The number of hydrogen-bond acceptors (Lipinski definition) is 2. The van der Waals surface area contributed by atoms with Crippen molar-refractivity contribution in [2.45, 2.75) is 13.0 Å². The molecule has 94 valence electrons. The summed E-state index contributed by atoms with van der Waals surface area (Å²) in [6.07, 6.45) is 0.786. The van der Waals surface area contributed by atoms with E-state index >= 15 is 0 Å². The van der Waals surface area contributed by atoms with E-state index in [2.05, 4.69) is 0 Å². The Hall–Kier alpha value is -1.87. The number of nitrogen functional groups attached to an aromatic ring is 1. The summed E-state index contributed by atoms with van der Waals surface area (Å²) in [5.41, 5.74) is 8.69. The van der Waals surface area contributed by atoms with Gasteiger partial charge in [-0.2, -0.15) is 0 Å². The minimum atomic E-state index is -0.226. The first-order valence-electron chi connectivity index (χ1n) is 5.91. The molecule has 18 heavy (non-hydrogen) atoms. The van der Waals surface area contributed by atoms with Crippen molar-refractivity contribution in [3.05, 3.63) is 65.5 Å². The summed E-state index contributed by atoms with van der Waals surface area (Å²) >= 11 is 0. The molecule has 0 radical (unpaired) electrons. The molecule has 0 amide bonds. The Labute approximate surface area is 106 Å². The van der Waals surface area contributed by atoms with Crippen molar-refractivity contribution in [1.82, 2.24) is 0 Å². The Balaban J connectivity index is 1.76. The van der Waals surface area contributed by atoms with Gasteiger partial charge in [0.05, 0.1) is 13.2 Å². The Kier molecular flexibility index (Phi) is 4.31. The van der Waals surface area contributed by atoms with Gasteiger partial charge in [0.25, 0.3) is 0 Å². The highest BCUT2D eigenvalue weighted by molar-refractivity contribution is 5.46. The molecule has 0 aromatic heterocycles. The van der Waals surface area contributed by atoms with E-state index in [4.69, 9.17) is 10.5 Å². The van der Waals surface area contributed by atoms with Gasteiger partial charge in [-0.3, -0.25) is 0 Å². The molecule has 2 nitrogen and oxygen atoms in total. The first-order valence-corrected chi connectivity index (χ1v) is 5.91. The summed E-state index contributed by atoms with van der Waals surface area (Å²) in [4.78, 5) is 0. The number of para-hydroxylation sites is 1. The number of nitrogens with two attached hydrogens (primary N) is 1. The van der Waals surface area contributed by atoms with E-state index in [1.165, 1.54) is 12.1 Å². The lowest BCUT2D eigenvalue weighted by Crippen LogP contribution is -2.01. The lowest BCUT2D eigenvalue weighted by molar-refractivity contribution is 0.124. The van der Waals surface area contributed by atoms with Crippen LogP contribution in [0.4, 0.5) is 10.1 Å². The molecular weight excluding hydrogens is 229 g/mol. The Bertz CT molecular complexity index is 496. The molecule has 0 heterocycles. The molecule has 0 fully saturated rings. The van der Waals surface area contributed by atoms with Gasteiger partial charge < -0.3 is 10.5 Å². The normalized spacial score (nSPS) is 10.5. The summed E-state index contributed by atoms with van der Waals surface area (Å²) in [6.45, 7) is 1.10. The lowest BCUT2D eigenvalue weighted by Gasteiger charge is -2.06. The number of halogens is 1. The number of anilines is 1. The molecule has 0 bridgehead atoms. The van der Waals surface area contributed by atoms with Crippen LogP contribution in [0.25, 0.3) is 0 Å². The van der Waals surface area contributed by atoms with E-state index in [-0.39, 0.29) is 5.82 Å². The summed E-state index contributed by atoms with van der Waals surface area (Å²) < 4.78 is 18.2. The molecule has 2 aromatic rings. The number of rotatable bonds is 5. The van der Waals surface area contributed by atoms with Crippen LogP contribution in [0, 0.1) is 5.82 Å². The van der Waals surface area contributed by atoms with Gasteiger partial charge in [0.1, 0.15) is 5.82 Å². The fourth-order valence-corrected chi connectivity index (χ4v) is 1.71. The van der Waals surface area contributed by atoms with E-state index < -0.39 is 0 Å². The average Bonchev–Trinajstić information content (AvgIpc) is 2.39. The third kappa shape index (κ3) is 3.57. The van der Waals surface area contributed by atoms with Crippen molar-refractivity contribution in [2.24, 2.45) is 0 Å². The van der Waals surface area contributed by atoms with Crippen LogP contribution >= 0.6 is 0 Å². The molecule has 2 rings (SSSR count). The SMILES string of the molecule is Nc1ccccc1CCOCc1ccc(F)cc1. The van der Waals surface area contributed by atoms with Crippen molar-refractivity contribution in [3.63, 3.8) is 0 Å². The van der Waals surface area contributed by atoms with Crippen LogP contribution in [0.5, 0.6) is 0 Å². The molecule has 0 aliphatic heterocycles. The fourth-order valence-electron chi connectivity index (χ4n) is 1.71. The van der Waals surface area contributed by atoms with E-state index in [1.807, 2.05) is 24.3 Å². The zero-order valence-corrected chi connectivity index (χ0v) is 10.1. The number of ether oxygens (including phenoxy) is 1. The minimum absolute atomic E-state index is 0.226. The van der Waals surface area contributed by atoms with Crippen molar-refractivity contribution in [3.8, 4) is 0 Å². The molecule has 0 spiro atoms. The van der Waals surface area contributed by atoms with Crippen molar-refractivity contribution in [2.75, 3.05) is 12.3 Å². The van der Waals surface area contributed by atoms with E-state index in [0.29, 0.717) is 13.2 Å². The van der Waals surface area contributed by atoms with Gasteiger partial charge in [-0.15, -0.1) is 0 Å². The van der Waals surface area contributed by atoms with Gasteiger partial charge in [0, 0.05) is 5.69 Å². The van der Waals surface area contributed by atoms with Gasteiger partial charge >= 0.3 is 0 Å². The molecule has 0 unspecified atom stereocenters. The van der Waals surface area contributed by atoms with Gasteiger partial charge in [-0.05, 0) is 35.7 Å². The Morgan fingerprint density at radius 3 is 2.44 bits per heavy atom. The standard InChI is InChI=1S/C15H16FNO/c16-14-7-5-12(6-8-14)11-18-10-9-13-3-1-2-4-15(13)17/h1-8H,9-11,17H2. The van der Waals surface area contributed by atoms with Crippen LogP contribution in [-0.2, 0) is 17.8 Å². The maximum atomic E-state index is 12.7. The van der Waals surface area contributed by atoms with Gasteiger partial charge in [0.15, 0.2) is 0 Å². The van der Waals surface area contributed by atoms with Gasteiger partial charge in [-0.1, -0.05) is 30.3 Å². The van der Waals surface area contributed by atoms with Crippen LogP contribution in [0.1, 0.15) is 11.1 Å². The average molecular weight is 245 g/mol. The molecule has 0 saturated heterocycles. The highest BCUT2D eigenvalue weighted by Crippen LogP contribution is 2.11. The number of benzene rings is 2. The Morgan fingerprint density at radius 1 is 1.00 bits per heavy atom. The largest absolute Gasteiger partial charge is 0.399 e. The van der Waals surface area contributed by atoms with Crippen LogP contribution in [0.3, 0.4) is 0 Å². The first kappa shape index (κ1) is 12.6. The van der Waals surface area contributed by atoms with Gasteiger partial charge in [0.2, 0.25) is 0 Å². The molecule has 0 saturated carbocycles. The molecule has 0 aliphatic carbocycles. The van der Waals surface area contributed by atoms with Gasteiger partial charge in [-0.25, -0.2) is 4.39 Å². The van der Waals surface area contributed by atoms with Crippen LogP contribution in [0.15, 0.2) is 48.5 Å². The van der Waals surface area contributed by atoms with Crippen LogP contribution in [0.2, 0.25) is 0 Å². The predicted octanol–water partition coefficient (Wildman–Crippen LogP) is 3.17. The predicted molar refractivity (Wildman–Crippen MR) is 70.6 cm³/mol. The second-order valence-electron chi connectivity index (χ2n) is 4.13. The minimum Gasteiger partial charge on any atom is -0.399 e. The zero-order valence-electron chi connectivity index (χ0n) is 10.1. The second-order valence-corrected chi connectivity index (χ2v) is 4.13.